The Morgan fingerprint density at radius 2 is 2.05 bits per heavy atom. The minimum atomic E-state index is 0.418. The van der Waals surface area contributed by atoms with Crippen LogP contribution in [-0.4, -0.2) is 28.0 Å². The lowest BCUT2D eigenvalue weighted by atomic mass is 9.82. The van der Waals surface area contributed by atoms with E-state index in [1.54, 1.807) is 0 Å². The lowest BCUT2D eigenvalue weighted by Crippen LogP contribution is -2.54. The molecular formula is C16H25N3. The van der Waals surface area contributed by atoms with E-state index in [0.717, 1.165) is 13.0 Å². The van der Waals surface area contributed by atoms with Crippen LogP contribution < -0.4 is 5.73 Å². The molecular weight excluding hydrogens is 234 g/mol. The van der Waals surface area contributed by atoms with Crippen LogP contribution in [0.4, 0.5) is 0 Å². The van der Waals surface area contributed by atoms with Crippen LogP contribution in [0.5, 0.6) is 0 Å². The van der Waals surface area contributed by atoms with Gasteiger partial charge < -0.3 is 5.73 Å². The summed E-state index contributed by atoms with van der Waals surface area (Å²) >= 11 is 0. The monoisotopic (exact) mass is 259 g/mol. The number of nitrogens with zero attached hydrogens (tertiary/aromatic N) is 2. The Hall–Kier alpha value is -0.930. The Morgan fingerprint density at radius 3 is 2.74 bits per heavy atom. The molecule has 2 N–H and O–H groups in total. The van der Waals surface area contributed by atoms with Crippen LogP contribution in [0, 0.1) is 0 Å². The quantitative estimate of drug-likeness (QED) is 0.907. The molecule has 0 aromatic carbocycles. The summed E-state index contributed by atoms with van der Waals surface area (Å²) < 4.78 is 0. The highest BCUT2D eigenvalue weighted by molar-refractivity contribution is 5.20. The van der Waals surface area contributed by atoms with Gasteiger partial charge in [0.05, 0.1) is 5.69 Å². The molecule has 2 bridgehead atoms. The van der Waals surface area contributed by atoms with E-state index in [-0.39, 0.29) is 0 Å². The second kappa shape index (κ2) is 5.59. The molecule has 0 saturated carbocycles. The van der Waals surface area contributed by atoms with Gasteiger partial charge in [-0.2, -0.15) is 0 Å². The topological polar surface area (TPSA) is 42.2 Å². The molecule has 2 saturated heterocycles. The van der Waals surface area contributed by atoms with Crippen LogP contribution >= 0.6 is 0 Å². The number of aromatic nitrogens is 1. The van der Waals surface area contributed by atoms with E-state index in [0.29, 0.717) is 18.1 Å². The van der Waals surface area contributed by atoms with Crippen molar-refractivity contribution in [2.24, 2.45) is 5.73 Å². The van der Waals surface area contributed by atoms with E-state index in [2.05, 4.69) is 28.9 Å². The van der Waals surface area contributed by atoms with Crippen LogP contribution in [0.15, 0.2) is 18.3 Å². The van der Waals surface area contributed by atoms with Gasteiger partial charge in [-0.05, 0) is 43.7 Å². The normalized spacial score (nSPS) is 31.4. The third-order valence-corrected chi connectivity index (χ3v) is 4.86. The van der Waals surface area contributed by atoms with Crippen molar-refractivity contribution in [2.45, 2.75) is 70.1 Å². The molecule has 2 atom stereocenters. The fraction of sp³-hybridized carbons (Fsp3) is 0.688. The predicted octanol–water partition coefficient (Wildman–Crippen LogP) is 2.49. The average molecular weight is 259 g/mol. The third-order valence-electron chi connectivity index (χ3n) is 4.86. The van der Waals surface area contributed by atoms with Gasteiger partial charge in [-0.15, -0.1) is 0 Å². The number of hydrogen-bond donors (Lipinski definition) is 1. The maximum absolute atomic E-state index is 6.19. The summed E-state index contributed by atoms with van der Waals surface area (Å²) in [5.74, 6) is 0. The first-order chi connectivity index (χ1) is 9.28. The molecule has 104 valence electrons. The van der Waals surface area contributed by atoms with E-state index in [4.69, 9.17) is 5.73 Å². The minimum Gasteiger partial charge on any atom is -0.328 e. The highest BCUT2D eigenvalue weighted by atomic mass is 15.2. The maximum atomic E-state index is 6.19. The van der Waals surface area contributed by atoms with Crippen molar-refractivity contribution < 1.29 is 0 Å². The summed E-state index contributed by atoms with van der Waals surface area (Å²) in [6, 6.07) is 6.06. The maximum Gasteiger partial charge on any atom is 0.0575 e. The number of nitrogens with two attached hydrogens (primary N) is 1. The van der Waals surface area contributed by atoms with E-state index in [9.17, 15) is 0 Å². The van der Waals surface area contributed by atoms with Crippen molar-refractivity contribution >= 4 is 0 Å². The van der Waals surface area contributed by atoms with Gasteiger partial charge in [0, 0.05) is 30.9 Å². The van der Waals surface area contributed by atoms with Crippen LogP contribution in [-0.2, 0) is 13.0 Å². The SMILES string of the molecule is CCc1cccnc1CN1C2CCCC1CC(N)C2. The molecule has 0 aliphatic carbocycles. The summed E-state index contributed by atoms with van der Waals surface area (Å²) in [7, 11) is 0. The van der Waals surface area contributed by atoms with Crippen molar-refractivity contribution in [2.75, 3.05) is 0 Å². The third kappa shape index (κ3) is 2.67. The smallest absolute Gasteiger partial charge is 0.0575 e. The molecule has 0 radical (unpaired) electrons. The summed E-state index contributed by atoms with van der Waals surface area (Å²) in [5, 5.41) is 0. The summed E-state index contributed by atoms with van der Waals surface area (Å²) in [5.41, 5.74) is 8.87. The summed E-state index contributed by atoms with van der Waals surface area (Å²) in [6.07, 6.45) is 9.36. The molecule has 0 amide bonds. The van der Waals surface area contributed by atoms with Gasteiger partial charge in [0.2, 0.25) is 0 Å². The number of hydrogen-bond acceptors (Lipinski definition) is 3. The first-order valence-corrected chi connectivity index (χ1v) is 7.72. The van der Waals surface area contributed by atoms with Crippen LogP contribution in [0.2, 0.25) is 0 Å². The van der Waals surface area contributed by atoms with Gasteiger partial charge >= 0.3 is 0 Å². The molecule has 0 spiro atoms. The van der Waals surface area contributed by atoms with E-state index in [1.807, 2.05) is 6.20 Å². The van der Waals surface area contributed by atoms with Gasteiger partial charge in [0.1, 0.15) is 0 Å². The second-order valence-corrected chi connectivity index (χ2v) is 6.11. The molecule has 19 heavy (non-hydrogen) atoms. The molecule has 2 unspecified atom stereocenters. The summed E-state index contributed by atoms with van der Waals surface area (Å²) in [4.78, 5) is 7.31. The Morgan fingerprint density at radius 1 is 1.32 bits per heavy atom. The van der Waals surface area contributed by atoms with Gasteiger partial charge in [0.15, 0.2) is 0 Å². The first-order valence-electron chi connectivity index (χ1n) is 7.72. The van der Waals surface area contributed by atoms with E-state index >= 15 is 0 Å². The number of piperidine rings is 2. The van der Waals surface area contributed by atoms with Gasteiger partial charge in [-0.1, -0.05) is 19.4 Å². The fourth-order valence-electron chi connectivity index (χ4n) is 3.89. The van der Waals surface area contributed by atoms with Crippen molar-refractivity contribution in [1.29, 1.82) is 0 Å². The van der Waals surface area contributed by atoms with Gasteiger partial charge in [-0.25, -0.2) is 0 Å². The standard InChI is InChI=1S/C16H25N3/c1-2-12-5-4-8-18-16(12)11-19-14-6-3-7-15(19)10-13(17)9-14/h4-5,8,13-15H,2-3,6-7,9-11,17H2,1H3. The Kier molecular flexibility index (Phi) is 3.85. The number of aryl methyl sites for hydroxylation is 1. The van der Waals surface area contributed by atoms with Crippen molar-refractivity contribution in [3.63, 3.8) is 0 Å². The largest absolute Gasteiger partial charge is 0.328 e. The minimum absolute atomic E-state index is 0.418. The molecule has 2 aliphatic heterocycles. The Balaban J connectivity index is 1.78. The van der Waals surface area contributed by atoms with Gasteiger partial charge in [0.25, 0.3) is 0 Å². The molecule has 3 heteroatoms. The molecule has 2 aliphatic rings. The highest BCUT2D eigenvalue weighted by Gasteiger charge is 2.37. The zero-order chi connectivity index (χ0) is 13.2. The van der Waals surface area contributed by atoms with Crippen molar-refractivity contribution in [3.8, 4) is 0 Å². The predicted molar refractivity (Wildman–Crippen MR) is 77.8 cm³/mol. The lowest BCUT2D eigenvalue weighted by molar-refractivity contribution is 0.0233. The van der Waals surface area contributed by atoms with Gasteiger partial charge in [-0.3, -0.25) is 9.88 Å². The van der Waals surface area contributed by atoms with Crippen LogP contribution in [0.1, 0.15) is 50.3 Å². The lowest BCUT2D eigenvalue weighted by Gasteiger charge is -2.48. The first kappa shape index (κ1) is 13.1. The average Bonchev–Trinajstić information content (AvgIpc) is 2.40. The van der Waals surface area contributed by atoms with Crippen LogP contribution in [0.25, 0.3) is 0 Å². The zero-order valence-electron chi connectivity index (χ0n) is 11.9. The summed E-state index contributed by atoms with van der Waals surface area (Å²) in [6.45, 7) is 3.24. The number of pyridine rings is 1. The molecule has 1 aromatic heterocycles. The zero-order valence-corrected chi connectivity index (χ0v) is 11.9. The van der Waals surface area contributed by atoms with Crippen molar-refractivity contribution in [1.82, 2.24) is 9.88 Å². The second-order valence-electron chi connectivity index (χ2n) is 6.11. The Labute approximate surface area is 116 Å². The highest BCUT2D eigenvalue weighted by Crippen LogP contribution is 2.34. The molecule has 2 fully saturated rings. The van der Waals surface area contributed by atoms with Crippen molar-refractivity contribution in [3.05, 3.63) is 29.6 Å². The van der Waals surface area contributed by atoms with E-state index < -0.39 is 0 Å². The fourth-order valence-corrected chi connectivity index (χ4v) is 3.89. The number of fused-ring (bicyclic) bond motifs is 2. The van der Waals surface area contributed by atoms with Crippen LogP contribution in [0.3, 0.4) is 0 Å². The van der Waals surface area contributed by atoms with E-state index in [1.165, 1.54) is 43.4 Å². The molecule has 1 aromatic rings. The molecule has 3 heterocycles. The molecule has 3 nitrogen and oxygen atoms in total. The number of rotatable bonds is 3. The Bertz CT molecular complexity index is 418. The molecule has 3 rings (SSSR count).